The van der Waals surface area contributed by atoms with Crippen LogP contribution in [0.2, 0.25) is 0 Å². The Morgan fingerprint density at radius 3 is 2.56 bits per heavy atom. The van der Waals surface area contributed by atoms with Crippen molar-refractivity contribution in [3.05, 3.63) is 29.6 Å². The largest absolute Gasteiger partial charge is 0.464 e. The number of hydrogen-bond acceptors (Lipinski definition) is 3. The molecule has 0 saturated carbocycles. The zero-order chi connectivity index (χ0) is 13.6. The Hall–Kier alpha value is -1.34. The lowest BCUT2D eigenvalue weighted by atomic mass is 10.1. The number of ether oxygens (including phenoxy) is 2. The molecular formula is C11H13F4NO2. The maximum absolute atomic E-state index is 13.4. The van der Waals surface area contributed by atoms with Crippen LogP contribution in [0.25, 0.3) is 0 Å². The van der Waals surface area contributed by atoms with Gasteiger partial charge in [-0.3, -0.25) is 0 Å². The van der Waals surface area contributed by atoms with Crippen molar-refractivity contribution in [3.8, 4) is 5.75 Å². The molecular weight excluding hydrogens is 254 g/mol. The molecule has 0 fully saturated rings. The molecule has 0 aromatic heterocycles. The third-order valence-electron chi connectivity index (χ3n) is 2.01. The van der Waals surface area contributed by atoms with E-state index in [4.69, 9.17) is 10.5 Å². The predicted octanol–water partition coefficient (Wildman–Crippen LogP) is 2.24. The molecule has 0 aliphatic carbocycles. The van der Waals surface area contributed by atoms with Gasteiger partial charge in [-0.25, -0.2) is 4.39 Å². The van der Waals surface area contributed by atoms with Crippen LogP contribution in [0.4, 0.5) is 17.6 Å². The molecule has 7 heteroatoms. The lowest BCUT2D eigenvalue weighted by molar-refractivity contribution is -0.187. The Kier molecular flexibility index (Phi) is 5.36. The Morgan fingerprint density at radius 2 is 1.94 bits per heavy atom. The highest BCUT2D eigenvalue weighted by Gasteiger charge is 2.27. The van der Waals surface area contributed by atoms with Gasteiger partial charge in [-0.2, -0.15) is 13.2 Å². The molecule has 0 unspecified atom stereocenters. The van der Waals surface area contributed by atoms with Crippen molar-refractivity contribution >= 4 is 0 Å². The first-order valence-electron chi connectivity index (χ1n) is 5.19. The summed E-state index contributed by atoms with van der Waals surface area (Å²) in [6.45, 7) is -1.82. The van der Waals surface area contributed by atoms with E-state index < -0.39 is 25.4 Å². The van der Waals surface area contributed by atoms with E-state index >= 15 is 0 Å². The Labute approximate surface area is 101 Å². The standard InChI is InChI=1S/C11H13F4NO2/c12-9-3-1-2-8(4-5-16)10(9)18-7-17-6-11(13,14)15/h1-3H,4-7,16H2. The normalized spacial score (nSPS) is 11.6. The quantitative estimate of drug-likeness (QED) is 0.488. The summed E-state index contributed by atoms with van der Waals surface area (Å²) in [5.74, 6) is -0.776. The second-order valence-corrected chi connectivity index (χ2v) is 3.49. The smallest absolute Gasteiger partial charge is 0.411 e. The van der Waals surface area contributed by atoms with E-state index in [9.17, 15) is 17.6 Å². The summed E-state index contributed by atoms with van der Waals surface area (Å²) in [7, 11) is 0. The molecule has 3 nitrogen and oxygen atoms in total. The van der Waals surface area contributed by atoms with Crippen LogP contribution in [0.3, 0.4) is 0 Å². The highest BCUT2D eigenvalue weighted by Crippen LogP contribution is 2.23. The molecule has 18 heavy (non-hydrogen) atoms. The Balaban J connectivity index is 2.55. The number of para-hydroxylation sites is 1. The highest BCUT2D eigenvalue weighted by molar-refractivity contribution is 5.35. The molecule has 0 heterocycles. The fraction of sp³-hybridized carbons (Fsp3) is 0.455. The van der Waals surface area contributed by atoms with Gasteiger partial charge in [0.25, 0.3) is 0 Å². The van der Waals surface area contributed by atoms with Gasteiger partial charge in [-0.1, -0.05) is 12.1 Å². The summed E-state index contributed by atoms with van der Waals surface area (Å²) in [6.07, 6.45) is -4.06. The maximum atomic E-state index is 13.4. The summed E-state index contributed by atoms with van der Waals surface area (Å²) in [6, 6.07) is 4.22. The van der Waals surface area contributed by atoms with Gasteiger partial charge in [0.05, 0.1) is 0 Å². The van der Waals surface area contributed by atoms with Crippen LogP contribution < -0.4 is 10.5 Å². The molecule has 1 aromatic rings. The molecule has 1 rings (SSSR count). The lowest BCUT2D eigenvalue weighted by Crippen LogP contribution is -2.19. The lowest BCUT2D eigenvalue weighted by Gasteiger charge is -2.13. The van der Waals surface area contributed by atoms with Crippen molar-refractivity contribution in [1.29, 1.82) is 0 Å². The Bertz CT molecular complexity index is 382. The highest BCUT2D eigenvalue weighted by atomic mass is 19.4. The van der Waals surface area contributed by atoms with Crippen molar-refractivity contribution in [2.45, 2.75) is 12.6 Å². The zero-order valence-corrected chi connectivity index (χ0v) is 9.47. The number of rotatable bonds is 6. The van der Waals surface area contributed by atoms with Crippen molar-refractivity contribution in [2.24, 2.45) is 5.73 Å². The van der Waals surface area contributed by atoms with E-state index in [1.807, 2.05) is 0 Å². The summed E-state index contributed by atoms with van der Waals surface area (Å²) >= 11 is 0. The Morgan fingerprint density at radius 1 is 1.22 bits per heavy atom. The average molecular weight is 267 g/mol. The minimum atomic E-state index is -4.43. The molecule has 0 aliphatic rings. The minimum Gasteiger partial charge on any atom is -0.464 e. The molecule has 0 amide bonds. The van der Waals surface area contributed by atoms with E-state index in [-0.39, 0.29) is 12.3 Å². The predicted molar refractivity (Wildman–Crippen MR) is 56.7 cm³/mol. The van der Waals surface area contributed by atoms with Gasteiger partial charge >= 0.3 is 6.18 Å². The van der Waals surface area contributed by atoms with Crippen LogP contribution in [-0.4, -0.2) is 26.1 Å². The van der Waals surface area contributed by atoms with Crippen LogP contribution in [0.5, 0.6) is 5.75 Å². The second-order valence-electron chi connectivity index (χ2n) is 3.49. The van der Waals surface area contributed by atoms with Gasteiger partial charge in [-0.05, 0) is 24.6 Å². The topological polar surface area (TPSA) is 44.5 Å². The maximum Gasteiger partial charge on any atom is 0.411 e. The third-order valence-corrected chi connectivity index (χ3v) is 2.01. The van der Waals surface area contributed by atoms with E-state index in [1.165, 1.54) is 6.07 Å². The molecule has 2 N–H and O–H groups in total. The SMILES string of the molecule is NCCc1cccc(F)c1OCOCC(F)(F)F. The van der Waals surface area contributed by atoms with Crippen molar-refractivity contribution in [2.75, 3.05) is 19.9 Å². The monoisotopic (exact) mass is 267 g/mol. The van der Waals surface area contributed by atoms with Crippen LogP contribution in [0, 0.1) is 5.82 Å². The summed E-state index contributed by atoms with van der Waals surface area (Å²) in [5, 5.41) is 0. The van der Waals surface area contributed by atoms with Gasteiger partial charge in [0.2, 0.25) is 0 Å². The van der Waals surface area contributed by atoms with Crippen LogP contribution in [0.15, 0.2) is 18.2 Å². The molecule has 0 saturated heterocycles. The molecule has 0 atom stereocenters. The zero-order valence-electron chi connectivity index (χ0n) is 9.47. The van der Waals surface area contributed by atoms with Gasteiger partial charge < -0.3 is 15.2 Å². The van der Waals surface area contributed by atoms with Gasteiger partial charge in [0.15, 0.2) is 18.4 Å². The van der Waals surface area contributed by atoms with Crippen LogP contribution in [-0.2, 0) is 11.2 Å². The number of hydrogen-bond donors (Lipinski definition) is 1. The third kappa shape index (κ3) is 4.89. The van der Waals surface area contributed by atoms with Crippen LogP contribution >= 0.6 is 0 Å². The molecule has 0 bridgehead atoms. The first-order chi connectivity index (χ1) is 8.44. The number of halogens is 4. The fourth-order valence-electron chi connectivity index (χ4n) is 1.33. The second kappa shape index (κ2) is 6.55. The molecule has 1 aromatic carbocycles. The molecule has 0 radical (unpaired) electrons. The number of benzene rings is 1. The van der Waals surface area contributed by atoms with Gasteiger partial charge in [-0.15, -0.1) is 0 Å². The number of alkyl halides is 3. The fourth-order valence-corrected chi connectivity index (χ4v) is 1.33. The number of nitrogens with two attached hydrogens (primary N) is 1. The van der Waals surface area contributed by atoms with Gasteiger partial charge in [0, 0.05) is 0 Å². The van der Waals surface area contributed by atoms with E-state index in [2.05, 4.69) is 4.74 Å². The van der Waals surface area contributed by atoms with Crippen molar-refractivity contribution in [1.82, 2.24) is 0 Å². The minimum absolute atomic E-state index is 0.120. The van der Waals surface area contributed by atoms with E-state index in [0.29, 0.717) is 12.0 Å². The molecule has 0 spiro atoms. The first kappa shape index (κ1) is 14.7. The summed E-state index contributed by atoms with van der Waals surface area (Å²) in [4.78, 5) is 0. The summed E-state index contributed by atoms with van der Waals surface area (Å²) in [5.41, 5.74) is 5.83. The van der Waals surface area contributed by atoms with Crippen molar-refractivity contribution < 1.29 is 27.0 Å². The first-order valence-corrected chi connectivity index (χ1v) is 5.19. The molecule has 0 aliphatic heterocycles. The van der Waals surface area contributed by atoms with Gasteiger partial charge in [0.1, 0.15) is 6.61 Å². The molecule has 102 valence electrons. The van der Waals surface area contributed by atoms with E-state index in [0.717, 1.165) is 6.07 Å². The van der Waals surface area contributed by atoms with Crippen molar-refractivity contribution in [3.63, 3.8) is 0 Å². The van der Waals surface area contributed by atoms with E-state index in [1.54, 1.807) is 6.07 Å². The summed E-state index contributed by atoms with van der Waals surface area (Å²) < 4.78 is 57.9. The average Bonchev–Trinajstić information content (AvgIpc) is 2.26. The van der Waals surface area contributed by atoms with Crippen LogP contribution in [0.1, 0.15) is 5.56 Å².